The van der Waals surface area contributed by atoms with Crippen LogP contribution in [-0.2, 0) is 10.2 Å². The van der Waals surface area contributed by atoms with E-state index in [2.05, 4.69) is 9.44 Å². The van der Waals surface area contributed by atoms with Gasteiger partial charge in [-0.15, -0.1) is 0 Å². The van der Waals surface area contributed by atoms with Gasteiger partial charge >= 0.3 is 0 Å². The zero-order valence-electron chi connectivity index (χ0n) is 10.2. The van der Waals surface area contributed by atoms with Crippen LogP contribution in [-0.4, -0.2) is 20.1 Å². The molecule has 0 aliphatic carbocycles. The van der Waals surface area contributed by atoms with Gasteiger partial charge in [-0.3, -0.25) is 4.72 Å². The van der Waals surface area contributed by atoms with Crippen LogP contribution in [0.2, 0.25) is 0 Å². The van der Waals surface area contributed by atoms with Crippen LogP contribution >= 0.6 is 0 Å². The largest absolute Gasteiger partial charge is 0.506 e. The van der Waals surface area contributed by atoms with Gasteiger partial charge in [0.25, 0.3) is 10.2 Å². The Labute approximate surface area is 102 Å². The van der Waals surface area contributed by atoms with E-state index in [0.717, 1.165) is 0 Å². The number of hydrogen-bond donors (Lipinski definition) is 3. The lowest BCUT2D eigenvalue weighted by molar-refractivity contribution is 0.477. The van der Waals surface area contributed by atoms with Crippen LogP contribution in [0.1, 0.15) is 19.4 Å². The first-order valence-electron chi connectivity index (χ1n) is 5.38. The molecule has 5 nitrogen and oxygen atoms in total. The third-order valence-corrected chi connectivity index (χ3v) is 3.19. The van der Waals surface area contributed by atoms with Crippen molar-refractivity contribution in [3.63, 3.8) is 0 Å². The number of aryl methyl sites for hydroxylation is 1. The Bertz CT molecular complexity index is 463. The van der Waals surface area contributed by atoms with Crippen molar-refractivity contribution in [1.82, 2.24) is 4.72 Å². The maximum Gasteiger partial charge on any atom is 0.299 e. The highest BCUT2D eigenvalue weighted by Gasteiger charge is 2.14. The maximum atomic E-state index is 11.7. The van der Waals surface area contributed by atoms with Crippen molar-refractivity contribution >= 4 is 15.9 Å². The molecule has 0 radical (unpaired) electrons. The molecule has 0 spiro atoms. The molecule has 0 aliphatic rings. The minimum atomic E-state index is -3.63. The zero-order chi connectivity index (χ0) is 13.1. The fraction of sp³-hybridized carbons (Fsp3) is 0.455. The topological polar surface area (TPSA) is 78.4 Å². The Morgan fingerprint density at radius 3 is 2.53 bits per heavy atom. The molecule has 0 atom stereocenters. The van der Waals surface area contributed by atoms with Gasteiger partial charge in [0.2, 0.25) is 0 Å². The third kappa shape index (κ3) is 4.24. The highest BCUT2D eigenvalue weighted by atomic mass is 32.2. The SMILES string of the molecule is Cc1cccc(O)c1NS(=O)(=O)NCC(C)C. The van der Waals surface area contributed by atoms with Gasteiger partial charge in [0.15, 0.2) is 0 Å². The molecule has 1 rings (SSSR count). The fourth-order valence-corrected chi connectivity index (χ4v) is 2.39. The summed E-state index contributed by atoms with van der Waals surface area (Å²) in [6.07, 6.45) is 0. The molecule has 96 valence electrons. The quantitative estimate of drug-likeness (QED) is 0.702. The average Bonchev–Trinajstić information content (AvgIpc) is 2.21. The summed E-state index contributed by atoms with van der Waals surface area (Å²) < 4.78 is 28.1. The van der Waals surface area contributed by atoms with Crippen LogP contribution < -0.4 is 9.44 Å². The molecule has 0 bridgehead atoms. The number of rotatable bonds is 5. The van der Waals surface area contributed by atoms with Crippen molar-refractivity contribution in [2.24, 2.45) is 5.92 Å². The first-order valence-corrected chi connectivity index (χ1v) is 6.86. The minimum Gasteiger partial charge on any atom is -0.506 e. The second-order valence-corrected chi connectivity index (χ2v) is 5.82. The highest BCUT2D eigenvalue weighted by molar-refractivity contribution is 7.90. The number of hydrogen-bond acceptors (Lipinski definition) is 3. The summed E-state index contributed by atoms with van der Waals surface area (Å²) in [7, 11) is -3.63. The first kappa shape index (κ1) is 13.8. The molecule has 0 amide bonds. The average molecular weight is 258 g/mol. The Morgan fingerprint density at radius 2 is 2.00 bits per heavy atom. The molecule has 0 saturated heterocycles. The number of phenols is 1. The third-order valence-electron chi connectivity index (χ3n) is 2.17. The van der Waals surface area contributed by atoms with Gasteiger partial charge in [0.05, 0.1) is 5.69 Å². The van der Waals surface area contributed by atoms with E-state index in [1.54, 1.807) is 19.1 Å². The summed E-state index contributed by atoms with van der Waals surface area (Å²) in [4.78, 5) is 0. The summed E-state index contributed by atoms with van der Waals surface area (Å²) in [6, 6.07) is 4.82. The lowest BCUT2D eigenvalue weighted by atomic mass is 10.2. The summed E-state index contributed by atoms with van der Waals surface area (Å²) in [5.74, 6) is 0.136. The molecule has 6 heteroatoms. The Hall–Kier alpha value is -1.27. The Morgan fingerprint density at radius 1 is 1.35 bits per heavy atom. The Kier molecular flexibility index (Phi) is 4.36. The van der Waals surface area contributed by atoms with Crippen molar-refractivity contribution < 1.29 is 13.5 Å². The van der Waals surface area contributed by atoms with E-state index in [1.807, 2.05) is 13.8 Å². The van der Waals surface area contributed by atoms with Crippen LogP contribution in [0.15, 0.2) is 18.2 Å². The minimum absolute atomic E-state index is 0.0834. The van der Waals surface area contributed by atoms with Gasteiger partial charge < -0.3 is 5.11 Å². The molecule has 0 fully saturated rings. The van der Waals surface area contributed by atoms with Crippen molar-refractivity contribution in [2.75, 3.05) is 11.3 Å². The van der Waals surface area contributed by atoms with E-state index in [-0.39, 0.29) is 17.4 Å². The fourth-order valence-electron chi connectivity index (χ4n) is 1.23. The van der Waals surface area contributed by atoms with Gasteiger partial charge in [-0.2, -0.15) is 13.1 Å². The standard InChI is InChI=1S/C11H18N2O3S/c1-8(2)7-12-17(15,16)13-11-9(3)5-4-6-10(11)14/h4-6,8,12-14H,7H2,1-3H3. The molecule has 17 heavy (non-hydrogen) atoms. The second kappa shape index (κ2) is 5.37. The van der Waals surface area contributed by atoms with Gasteiger partial charge in [0.1, 0.15) is 5.75 Å². The van der Waals surface area contributed by atoms with Gasteiger partial charge in [0, 0.05) is 6.54 Å². The number of aromatic hydroxyl groups is 1. The smallest absolute Gasteiger partial charge is 0.299 e. The monoisotopic (exact) mass is 258 g/mol. The van der Waals surface area contributed by atoms with Crippen LogP contribution in [0, 0.1) is 12.8 Å². The predicted molar refractivity (Wildman–Crippen MR) is 68.2 cm³/mol. The van der Waals surface area contributed by atoms with E-state index in [1.165, 1.54) is 6.07 Å². The molecule has 1 aromatic carbocycles. The van der Waals surface area contributed by atoms with E-state index in [9.17, 15) is 13.5 Å². The van der Waals surface area contributed by atoms with Gasteiger partial charge in [-0.05, 0) is 24.5 Å². The number of anilines is 1. The highest BCUT2D eigenvalue weighted by Crippen LogP contribution is 2.26. The molecule has 0 unspecified atom stereocenters. The molecule has 0 saturated carbocycles. The summed E-state index contributed by atoms with van der Waals surface area (Å²) in [6.45, 7) is 5.89. The van der Waals surface area contributed by atoms with Crippen molar-refractivity contribution in [2.45, 2.75) is 20.8 Å². The number of phenolic OH excluding ortho intramolecular Hbond substituents is 1. The van der Waals surface area contributed by atoms with E-state index in [0.29, 0.717) is 12.1 Å². The summed E-state index contributed by atoms with van der Waals surface area (Å²) in [5, 5.41) is 9.58. The molecular formula is C11H18N2O3S. The molecule has 0 heterocycles. The molecule has 0 aromatic heterocycles. The molecule has 0 aliphatic heterocycles. The normalized spacial score (nSPS) is 11.8. The number of para-hydroxylation sites is 1. The van der Waals surface area contributed by atoms with E-state index >= 15 is 0 Å². The summed E-state index contributed by atoms with van der Waals surface area (Å²) in [5.41, 5.74) is 0.878. The second-order valence-electron chi connectivity index (χ2n) is 4.32. The van der Waals surface area contributed by atoms with Crippen molar-refractivity contribution in [1.29, 1.82) is 0 Å². The van der Waals surface area contributed by atoms with Crippen LogP contribution in [0.25, 0.3) is 0 Å². The molecule has 1 aromatic rings. The van der Waals surface area contributed by atoms with Crippen LogP contribution in [0.4, 0.5) is 5.69 Å². The summed E-state index contributed by atoms with van der Waals surface area (Å²) >= 11 is 0. The molecular weight excluding hydrogens is 240 g/mol. The molecule has 3 N–H and O–H groups in total. The van der Waals surface area contributed by atoms with Gasteiger partial charge in [-0.25, -0.2) is 0 Å². The van der Waals surface area contributed by atoms with E-state index in [4.69, 9.17) is 0 Å². The number of nitrogens with one attached hydrogen (secondary N) is 2. The van der Waals surface area contributed by atoms with Gasteiger partial charge in [-0.1, -0.05) is 26.0 Å². The van der Waals surface area contributed by atoms with Crippen LogP contribution in [0.5, 0.6) is 5.75 Å². The lowest BCUT2D eigenvalue weighted by Gasteiger charge is -2.13. The van der Waals surface area contributed by atoms with E-state index < -0.39 is 10.2 Å². The lowest BCUT2D eigenvalue weighted by Crippen LogP contribution is -2.33. The predicted octanol–water partition coefficient (Wildman–Crippen LogP) is 1.60. The zero-order valence-corrected chi connectivity index (χ0v) is 11.0. The van der Waals surface area contributed by atoms with Crippen LogP contribution in [0.3, 0.4) is 0 Å². The first-order chi connectivity index (χ1) is 7.82. The van der Waals surface area contributed by atoms with Crippen molar-refractivity contribution in [3.8, 4) is 5.75 Å². The van der Waals surface area contributed by atoms with Crippen molar-refractivity contribution in [3.05, 3.63) is 23.8 Å². The Balaban J connectivity index is 2.83. The maximum absolute atomic E-state index is 11.7. The number of benzene rings is 1.